The Labute approximate surface area is 152 Å². The molecule has 1 atom stereocenters. The van der Waals surface area contributed by atoms with Crippen LogP contribution in [0, 0.1) is 18.3 Å². The standard InChI is InChI=1S/C20H21N5O/c1-15-22-9-12-24(15)17-6-4-10-23(14-17)20(26)19-13-16-5-2-3-7-18(16)25(19)11-8-21/h2-3,5,7,9,12-13,17H,4,6,10-11,14H2,1H3/t17-/m0/s1. The Morgan fingerprint density at radius 2 is 2.23 bits per heavy atom. The molecule has 3 heterocycles. The minimum atomic E-state index is -0.00100. The van der Waals surface area contributed by atoms with Gasteiger partial charge in [-0.2, -0.15) is 5.26 Å². The van der Waals surface area contributed by atoms with Crippen molar-refractivity contribution in [1.82, 2.24) is 19.0 Å². The number of nitrogens with zero attached hydrogens (tertiary/aromatic N) is 5. The third kappa shape index (κ3) is 2.76. The van der Waals surface area contributed by atoms with Crippen LogP contribution in [0.4, 0.5) is 0 Å². The van der Waals surface area contributed by atoms with Crippen molar-refractivity contribution >= 4 is 16.8 Å². The maximum Gasteiger partial charge on any atom is 0.270 e. The molecule has 1 aliphatic heterocycles. The highest BCUT2D eigenvalue weighted by molar-refractivity contribution is 5.98. The lowest BCUT2D eigenvalue weighted by Crippen LogP contribution is -2.41. The van der Waals surface area contributed by atoms with E-state index in [4.69, 9.17) is 0 Å². The maximum atomic E-state index is 13.2. The lowest BCUT2D eigenvalue weighted by molar-refractivity contribution is 0.0668. The van der Waals surface area contributed by atoms with Crippen molar-refractivity contribution < 1.29 is 4.79 Å². The van der Waals surface area contributed by atoms with Gasteiger partial charge in [0.25, 0.3) is 5.91 Å². The van der Waals surface area contributed by atoms with Gasteiger partial charge in [-0.1, -0.05) is 18.2 Å². The Bertz CT molecular complexity index is 993. The number of carbonyl (C=O) groups excluding carboxylic acids is 1. The van der Waals surface area contributed by atoms with Gasteiger partial charge in [-0.3, -0.25) is 4.79 Å². The van der Waals surface area contributed by atoms with Gasteiger partial charge >= 0.3 is 0 Å². The molecule has 0 N–H and O–H groups in total. The monoisotopic (exact) mass is 347 g/mol. The van der Waals surface area contributed by atoms with E-state index in [0.29, 0.717) is 12.2 Å². The highest BCUT2D eigenvalue weighted by atomic mass is 16.2. The maximum absolute atomic E-state index is 13.2. The van der Waals surface area contributed by atoms with Crippen molar-refractivity contribution in [3.05, 3.63) is 54.2 Å². The number of benzene rings is 1. The number of aromatic nitrogens is 3. The fourth-order valence-electron chi connectivity index (χ4n) is 3.93. The summed E-state index contributed by atoms with van der Waals surface area (Å²) in [4.78, 5) is 19.5. The predicted molar refractivity (Wildman–Crippen MR) is 98.7 cm³/mol. The van der Waals surface area contributed by atoms with Crippen LogP contribution in [0.15, 0.2) is 42.7 Å². The fraction of sp³-hybridized carbons (Fsp3) is 0.350. The molecule has 2 aromatic heterocycles. The normalized spacial score (nSPS) is 17.4. The number of carbonyl (C=O) groups is 1. The average molecular weight is 347 g/mol. The van der Waals surface area contributed by atoms with Crippen molar-refractivity contribution in [1.29, 1.82) is 5.26 Å². The van der Waals surface area contributed by atoms with E-state index in [-0.39, 0.29) is 18.5 Å². The summed E-state index contributed by atoms with van der Waals surface area (Å²) in [5.74, 6) is 0.974. The Kier molecular flexibility index (Phi) is 4.21. The topological polar surface area (TPSA) is 66.8 Å². The molecule has 4 rings (SSSR count). The van der Waals surface area contributed by atoms with Gasteiger partial charge in [0, 0.05) is 36.4 Å². The van der Waals surface area contributed by atoms with Gasteiger partial charge in [-0.25, -0.2) is 4.98 Å². The summed E-state index contributed by atoms with van der Waals surface area (Å²) in [6.45, 7) is 3.58. The first-order chi connectivity index (χ1) is 12.7. The van der Waals surface area contributed by atoms with Gasteiger partial charge in [0.15, 0.2) is 0 Å². The number of likely N-dealkylation sites (tertiary alicyclic amines) is 1. The number of fused-ring (bicyclic) bond motifs is 1. The SMILES string of the molecule is Cc1nccn1[C@H]1CCCN(C(=O)c2cc3ccccc3n2CC#N)C1. The molecule has 3 aromatic rings. The van der Waals surface area contributed by atoms with E-state index in [1.165, 1.54) is 0 Å². The molecule has 6 nitrogen and oxygen atoms in total. The first-order valence-corrected chi connectivity index (χ1v) is 8.93. The zero-order valence-electron chi connectivity index (χ0n) is 14.8. The summed E-state index contributed by atoms with van der Waals surface area (Å²) in [5, 5.41) is 10.2. The van der Waals surface area contributed by atoms with Crippen LogP contribution < -0.4 is 0 Å². The molecule has 1 amide bonds. The van der Waals surface area contributed by atoms with Crippen LogP contribution in [-0.4, -0.2) is 38.0 Å². The molecule has 0 spiro atoms. The van der Waals surface area contributed by atoms with Crippen LogP contribution in [0.2, 0.25) is 0 Å². The zero-order valence-corrected chi connectivity index (χ0v) is 14.8. The van der Waals surface area contributed by atoms with Crippen molar-refractivity contribution in [3.8, 4) is 6.07 Å². The highest BCUT2D eigenvalue weighted by Gasteiger charge is 2.28. The van der Waals surface area contributed by atoms with Crippen molar-refractivity contribution in [2.75, 3.05) is 13.1 Å². The van der Waals surface area contributed by atoms with Gasteiger partial charge in [0.05, 0.1) is 12.1 Å². The van der Waals surface area contributed by atoms with Crippen molar-refractivity contribution in [2.45, 2.75) is 32.4 Å². The molecule has 0 saturated carbocycles. The predicted octanol–water partition coefficient (Wildman–Crippen LogP) is 3.15. The summed E-state index contributed by atoms with van der Waals surface area (Å²) >= 11 is 0. The number of hydrogen-bond donors (Lipinski definition) is 0. The molecule has 132 valence electrons. The van der Waals surface area contributed by atoms with Crippen LogP contribution >= 0.6 is 0 Å². The third-order valence-corrected chi connectivity index (χ3v) is 5.20. The summed E-state index contributed by atoms with van der Waals surface area (Å²) < 4.78 is 3.98. The number of nitriles is 1. The molecule has 6 heteroatoms. The van der Waals surface area contributed by atoms with Crippen molar-refractivity contribution in [2.24, 2.45) is 0 Å². The van der Waals surface area contributed by atoms with Crippen molar-refractivity contribution in [3.63, 3.8) is 0 Å². The minimum absolute atomic E-state index is 0.00100. The second-order valence-electron chi connectivity index (χ2n) is 6.76. The minimum Gasteiger partial charge on any atom is -0.335 e. The summed E-state index contributed by atoms with van der Waals surface area (Å²) in [6, 6.07) is 12.2. The molecule has 1 fully saturated rings. The second-order valence-corrected chi connectivity index (χ2v) is 6.76. The van der Waals surface area contributed by atoms with Crippen LogP contribution in [-0.2, 0) is 6.54 Å². The molecule has 0 bridgehead atoms. The smallest absolute Gasteiger partial charge is 0.270 e. The average Bonchev–Trinajstić information content (AvgIpc) is 3.26. The quantitative estimate of drug-likeness (QED) is 0.731. The second kappa shape index (κ2) is 6.68. The van der Waals surface area contributed by atoms with Gasteiger partial charge in [0.2, 0.25) is 0 Å². The summed E-state index contributed by atoms with van der Waals surface area (Å²) in [6.07, 6.45) is 5.80. The Balaban J connectivity index is 1.65. The van der Waals surface area contributed by atoms with E-state index in [2.05, 4.69) is 15.6 Å². The molecular weight excluding hydrogens is 326 g/mol. The van der Waals surface area contributed by atoms with Crippen LogP contribution in [0.5, 0.6) is 0 Å². The van der Waals surface area contributed by atoms with E-state index in [1.54, 1.807) is 6.20 Å². The van der Waals surface area contributed by atoms with Crippen LogP contribution in [0.3, 0.4) is 0 Å². The lowest BCUT2D eigenvalue weighted by atomic mass is 10.0. The van der Waals surface area contributed by atoms with Crippen LogP contribution in [0.25, 0.3) is 10.9 Å². The van der Waals surface area contributed by atoms with Gasteiger partial charge < -0.3 is 14.0 Å². The molecule has 1 aromatic carbocycles. The molecule has 1 saturated heterocycles. The van der Waals surface area contributed by atoms with E-state index >= 15 is 0 Å². The third-order valence-electron chi connectivity index (χ3n) is 5.20. The largest absolute Gasteiger partial charge is 0.335 e. The van der Waals surface area contributed by atoms with E-state index in [9.17, 15) is 10.1 Å². The van der Waals surface area contributed by atoms with E-state index in [1.807, 2.05) is 52.9 Å². The molecule has 26 heavy (non-hydrogen) atoms. The van der Waals surface area contributed by atoms with E-state index < -0.39 is 0 Å². The van der Waals surface area contributed by atoms with Gasteiger partial charge in [0.1, 0.15) is 18.1 Å². The summed E-state index contributed by atoms with van der Waals surface area (Å²) in [5.41, 5.74) is 1.52. The number of hydrogen-bond acceptors (Lipinski definition) is 3. The van der Waals surface area contributed by atoms with Gasteiger partial charge in [-0.15, -0.1) is 0 Å². The Morgan fingerprint density at radius 3 is 3.00 bits per heavy atom. The fourth-order valence-corrected chi connectivity index (χ4v) is 3.93. The number of aryl methyl sites for hydroxylation is 1. The van der Waals surface area contributed by atoms with E-state index in [0.717, 1.165) is 36.1 Å². The lowest BCUT2D eigenvalue weighted by Gasteiger charge is -2.34. The first kappa shape index (κ1) is 16.4. The molecule has 1 aliphatic rings. The number of para-hydroxylation sites is 1. The zero-order chi connectivity index (χ0) is 18.1. The molecule has 0 unspecified atom stereocenters. The molecular formula is C20H21N5O. The number of imidazole rings is 1. The van der Waals surface area contributed by atoms with Gasteiger partial charge in [-0.05, 0) is 31.9 Å². The Morgan fingerprint density at radius 1 is 1.38 bits per heavy atom. The first-order valence-electron chi connectivity index (χ1n) is 8.93. The number of rotatable bonds is 3. The Hall–Kier alpha value is -3.07. The van der Waals surface area contributed by atoms with Crippen LogP contribution in [0.1, 0.15) is 35.2 Å². The number of piperidine rings is 1. The number of amides is 1. The molecule has 0 aliphatic carbocycles. The summed E-state index contributed by atoms with van der Waals surface area (Å²) in [7, 11) is 0. The molecule has 0 radical (unpaired) electrons. The highest BCUT2D eigenvalue weighted by Crippen LogP contribution is 2.26.